The van der Waals surface area contributed by atoms with E-state index in [9.17, 15) is 9.18 Å². The molecule has 1 atom stereocenters. The minimum absolute atomic E-state index is 0.0722. The average molecular weight is 405 g/mol. The van der Waals surface area contributed by atoms with Crippen molar-refractivity contribution in [1.82, 2.24) is 15.0 Å². The summed E-state index contributed by atoms with van der Waals surface area (Å²) in [6.07, 6.45) is 3.15. The van der Waals surface area contributed by atoms with Gasteiger partial charge in [0.1, 0.15) is 23.4 Å². The number of nitrogens with zero attached hydrogens (tertiary/aromatic N) is 4. The van der Waals surface area contributed by atoms with Gasteiger partial charge in [-0.2, -0.15) is 0 Å². The number of likely N-dealkylation sites (tertiary alicyclic amines) is 1. The Morgan fingerprint density at radius 3 is 2.96 bits per heavy atom. The summed E-state index contributed by atoms with van der Waals surface area (Å²) in [4.78, 5) is 21.9. The quantitative estimate of drug-likeness (QED) is 0.779. The van der Waals surface area contributed by atoms with Crippen LogP contribution in [0.5, 0.6) is 5.75 Å². The number of aliphatic imine (C=N–C) groups is 1. The van der Waals surface area contributed by atoms with E-state index >= 15 is 0 Å². The number of aromatic nitrogens is 2. The number of hydrogen-bond acceptors (Lipinski definition) is 7. The molecule has 1 saturated heterocycles. The summed E-state index contributed by atoms with van der Waals surface area (Å²) in [6, 6.07) is 1.56. The molecule has 2 aliphatic rings. The van der Waals surface area contributed by atoms with Gasteiger partial charge in [0.15, 0.2) is 17.3 Å². The molecule has 146 valence electrons. The smallest absolute Gasteiger partial charge is 0.197 e. The largest absolute Gasteiger partial charge is 0.485 e. The van der Waals surface area contributed by atoms with Crippen LogP contribution >= 0.6 is 11.6 Å². The molecule has 2 aromatic rings. The van der Waals surface area contributed by atoms with Crippen LogP contribution in [0.25, 0.3) is 11.3 Å². The molecular formula is C19H18ClFN4O3. The first kappa shape index (κ1) is 18.6. The Labute approximate surface area is 165 Å². The molecule has 2 aliphatic heterocycles. The van der Waals surface area contributed by atoms with Crippen molar-refractivity contribution in [3.8, 4) is 17.0 Å². The normalized spacial score (nSPS) is 19.6. The topological polar surface area (TPSA) is 80.8 Å². The number of rotatable bonds is 4. The Bertz CT molecular complexity index is 982. The van der Waals surface area contributed by atoms with E-state index in [1.165, 1.54) is 0 Å². The van der Waals surface area contributed by atoms with Crippen LogP contribution in [0.2, 0.25) is 0 Å². The van der Waals surface area contributed by atoms with Crippen molar-refractivity contribution in [2.24, 2.45) is 4.99 Å². The molecule has 7 nitrogen and oxygen atoms in total. The first-order valence-electron chi connectivity index (χ1n) is 8.87. The highest BCUT2D eigenvalue weighted by atomic mass is 35.5. The molecule has 0 radical (unpaired) electrons. The molecular weight excluding hydrogens is 387 g/mol. The van der Waals surface area contributed by atoms with Gasteiger partial charge in [0, 0.05) is 25.2 Å². The molecule has 0 N–H and O–H groups in total. The predicted molar refractivity (Wildman–Crippen MR) is 101 cm³/mol. The second kappa shape index (κ2) is 7.35. The molecule has 0 amide bonds. The van der Waals surface area contributed by atoms with Crippen LogP contribution in [-0.2, 0) is 4.79 Å². The fourth-order valence-electron chi connectivity index (χ4n) is 3.42. The predicted octanol–water partition coefficient (Wildman–Crippen LogP) is 3.05. The maximum absolute atomic E-state index is 14.3. The number of ketones is 1. The van der Waals surface area contributed by atoms with Crippen LogP contribution in [0.3, 0.4) is 0 Å². The lowest BCUT2D eigenvalue weighted by atomic mass is 10.1. The summed E-state index contributed by atoms with van der Waals surface area (Å²) in [5, 5.41) is 4.10. The van der Waals surface area contributed by atoms with E-state index in [1.54, 1.807) is 26.1 Å². The van der Waals surface area contributed by atoms with Gasteiger partial charge in [0.05, 0.1) is 35.4 Å². The maximum atomic E-state index is 14.3. The van der Waals surface area contributed by atoms with Crippen LogP contribution in [-0.4, -0.2) is 52.8 Å². The second-order valence-electron chi connectivity index (χ2n) is 6.77. The molecule has 28 heavy (non-hydrogen) atoms. The van der Waals surface area contributed by atoms with Crippen molar-refractivity contribution < 1.29 is 18.4 Å². The standard InChI is InChI=1S/C19H18ClFN4O3/c1-10-18(11(2)28-24-10)14-5-17(13(21)6-23-14)27-12-3-4-25(9-12)15-7-22-8-16(26)19(15)20/h5-7,12H,3-4,8-9H2,1-2H3/t12-/m1/s1. The molecule has 0 aromatic carbocycles. The Morgan fingerprint density at radius 2 is 2.21 bits per heavy atom. The summed E-state index contributed by atoms with van der Waals surface area (Å²) in [6.45, 7) is 4.77. The number of allylic oxidation sites excluding steroid dienone is 1. The van der Waals surface area contributed by atoms with Gasteiger partial charge in [0.2, 0.25) is 0 Å². The Kier molecular flexibility index (Phi) is 4.89. The van der Waals surface area contributed by atoms with Gasteiger partial charge in [-0.3, -0.25) is 14.8 Å². The summed E-state index contributed by atoms with van der Waals surface area (Å²) < 4.78 is 25.4. The van der Waals surface area contributed by atoms with Crippen LogP contribution in [0, 0.1) is 19.7 Å². The van der Waals surface area contributed by atoms with Crippen LogP contribution in [0.15, 0.2) is 32.5 Å². The number of Topliss-reactive ketones (excluding diaryl/α,β-unsaturated/α-hetero) is 1. The zero-order valence-electron chi connectivity index (χ0n) is 15.4. The summed E-state index contributed by atoms with van der Waals surface area (Å²) >= 11 is 6.13. The number of hydrogen-bond donors (Lipinski definition) is 0. The monoisotopic (exact) mass is 404 g/mol. The van der Waals surface area contributed by atoms with Gasteiger partial charge in [-0.15, -0.1) is 0 Å². The van der Waals surface area contributed by atoms with Crippen molar-refractivity contribution in [3.05, 3.63) is 40.3 Å². The highest BCUT2D eigenvalue weighted by Gasteiger charge is 2.30. The molecule has 0 aliphatic carbocycles. The minimum Gasteiger partial charge on any atom is -0.485 e. The number of carbonyl (C=O) groups is 1. The number of halogens is 2. The van der Waals surface area contributed by atoms with E-state index in [0.29, 0.717) is 42.4 Å². The summed E-state index contributed by atoms with van der Waals surface area (Å²) in [5.41, 5.74) is 2.54. The molecule has 0 unspecified atom stereocenters. The average Bonchev–Trinajstić information content (AvgIpc) is 3.26. The van der Waals surface area contributed by atoms with Crippen molar-refractivity contribution in [2.75, 3.05) is 19.6 Å². The van der Waals surface area contributed by atoms with Gasteiger partial charge in [0.25, 0.3) is 0 Å². The number of aryl methyl sites for hydroxylation is 2. The molecule has 0 bridgehead atoms. The van der Waals surface area contributed by atoms with Gasteiger partial charge < -0.3 is 14.2 Å². The van der Waals surface area contributed by atoms with E-state index in [0.717, 1.165) is 11.8 Å². The van der Waals surface area contributed by atoms with Gasteiger partial charge in [-0.1, -0.05) is 16.8 Å². The fourth-order valence-corrected chi connectivity index (χ4v) is 3.65. The summed E-state index contributed by atoms with van der Waals surface area (Å²) in [7, 11) is 0. The third-order valence-corrected chi connectivity index (χ3v) is 5.21. The molecule has 0 saturated carbocycles. The van der Waals surface area contributed by atoms with Gasteiger partial charge in [-0.05, 0) is 13.8 Å². The maximum Gasteiger partial charge on any atom is 0.197 e. The van der Waals surface area contributed by atoms with Crippen molar-refractivity contribution >= 4 is 23.6 Å². The van der Waals surface area contributed by atoms with Gasteiger partial charge >= 0.3 is 0 Å². The molecule has 9 heteroatoms. The van der Waals surface area contributed by atoms with Crippen molar-refractivity contribution in [1.29, 1.82) is 0 Å². The van der Waals surface area contributed by atoms with Crippen LogP contribution in [0.1, 0.15) is 17.9 Å². The van der Waals surface area contributed by atoms with Gasteiger partial charge in [-0.25, -0.2) is 4.39 Å². The van der Waals surface area contributed by atoms with E-state index in [4.69, 9.17) is 20.9 Å². The first-order chi connectivity index (χ1) is 13.4. The highest BCUT2D eigenvalue weighted by molar-refractivity contribution is 6.44. The summed E-state index contributed by atoms with van der Waals surface area (Å²) in [5.74, 6) is -0.0174. The lowest BCUT2D eigenvalue weighted by molar-refractivity contribution is -0.113. The molecule has 4 heterocycles. The highest BCUT2D eigenvalue weighted by Crippen LogP contribution is 2.31. The third-order valence-electron chi connectivity index (χ3n) is 4.81. The molecule has 1 fully saturated rings. The minimum atomic E-state index is -0.541. The van der Waals surface area contributed by atoms with Crippen molar-refractivity contribution in [3.63, 3.8) is 0 Å². The number of pyridine rings is 1. The zero-order chi connectivity index (χ0) is 19.8. The van der Waals surface area contributed by atoms with E-state index in [2.05, 4.69) is 15.1 Å². The Hall–Kier alpha value is -2.74. The molecule has 4 rings (SSSR count). The molecule has 0 spiro atoms. The lowest BCUT2D eigenvalue weighted by Crippen LogP contribution is -2.28. The molecule has 2 aromatic heterocycles. The fraction of sp³-hybridized carbons (Fsp3) is 0.368. The SMILES string of the molecule is Cc1noc(C)c1-c1cc(O[C@@H]2CCN(C3=C(Cl)C(=O)CN=C3)C2)c(F)cn1. The van der Waals surface area contributed by atoms with E-state index in [1.807, 2.05) is 4.90 Å². The van der Waals surface area contributed by atoms with Crippen LogP contribution in [0.4, 0.5) is 4.39 Å². The Morgan fingerprint density at radius 1 is 1.39 bits per heavy atom. The van der Waals surface area contributed by atoms with E-state index in [-0.39, 0.29) is 29.2 Å². The Balaban J connectivity index is 1.53. The number of ether oxygens (including phenoxy) is 1. The third kappa shape index (κ3) is 3.40. The van der Waals surface area contributed by atoms with Crippen LogP contribution < -0.4 is 4.74 Å². The number of dihydropyridines is 1. The lowest BCUT2D eigenvalue weighted by Gasteiger charge is -2.22. The zero-order valence-corrected chi connectivity index (χ0v) is 16.2. The number of carbonyl (C=O) groups excluding carboxylic acids is 1. The second-order valence-corrected chi connectivity index (χ2v) is 7.14. The van der Waals surface area contributed by atoms with E-state index < -0.39 is 5.82 Å². The first-order valence-corrected chi connectivity index (χ1v) is 9.25. The van der Waals surface area contributed by atoms with Crippen molar-refractivity contribution in [2.45, 2.75) is 26.4 Å².